The Balaban J connectivity index is 1.85. The van der Waals surface area contributed by atoms with Crippen molar-refractivity contribution in [1.29, 1.82) is 0 Å². The lowest BCUT2D eigenvalue weighted by atomic mass is 9.99. The summed E-state index contributed by atoms with van der Waals surface area (Å²) in [5, 5.41) is 2.93. The van der Waals surface area contributed by atoms with Crippen LogP contribution in [-0.2, 0) is 14.8 Å². The van der Waals surface area contributed by atoms with Gasteiger partial charge in [0, 0.05) is 19.6 Å². The van der Waals surface area contributed by atoms with Gasteiger partial charge in [0.05, 0.1) is 12.2 Å². The van der Waals surface area contributed by atoms with E-state index in [-0.39, 0.29) is 11.8 Å². The average molecular weight is 260 g/mol. The van der Waals surface area contributed by atoms with Crippen molar-refractivity contribution in [2.24, 2.45) is 11.8 Å². The average Bonchev–Trinajstić information content (AvgIpc) is 3.09. The number of nitrogens with one attached hydrogen (secondary N) is 1. The molecule has 98 valence electrons. The van der Waals surface area contributed by atoms with Crippen LogP contribution in [0.3, 0.4) is 0 Å². The van der Waals surface area contributed by atoms with Gasteiger partial charge in [-0.25, -0.2) is 12.7 Å². The molecule has 2 rings (SSSR count). The smallest absolute Gasteiger partial charge is 0.224 e. The van der Waals surface area contributed by atoms with E-state index < -0.39 is 10.0 Å². The van der Waals surface area contributed by atoms with E-state index in [2.05, 4.69) is 5.32 Å². The zero-order valence-electron chi connectivity index (χ0n) is 10.2. The molecule has 1 unspecified atom stereocenters. The number of amides is 1. The maximum atomic E-state index is 11.9. The van der Waals surface area contributed by atoms with Crippen molar-refractivity contribution in [2.45, 2.75) is 25.7 Å². The molecule has 0 aromatic rings. The van der Waals surface area contributed by atoms with E-state index in [4.69, 9.17) is 0 Å². The number of carbonyl (C=O) groups excluding carboxylic acids is 1. The van der Waals surface area contributed by atoms with Gasteiger partial charge in [-0.15, -0.1) is 0 Å². The molecular weight excluding hydrogens is 240 g/mol. The predicted molar refractivity (Wildman–Crippen MR) is 64.9 cm³/mol. The van der Waals surface area contributed by atoms with Crippen LogP contribution in [0.2, 0.25) is 0 Å². The Kier molecular flexibility index (Phi) is 3.73. The molecule has 5 nitrogen and oxygen atoms in total. The van der Waals surface area contributed by atoms with Gasteiger partial charge in [-0.2, -0.15) is 0 Å². The highest BCUT2D eigenvalue weighted by Gasteiger charge is 2.31. The molecule has 2 aliphatic rings. The van der Waals surface area contributed by atoms with E-state index in [0.717, 1.165) is 19.4 Å². The second-order valence-corrected chi connectivity index (χ2v) is 7.13. The van der Waals surface area contributed by atoms with Gasteiger partial charge in [-0.05, 0) is 31.6 Å². The van der Waals surface area contributed by atoms with E-state index in [1.807, 2.05) is 0 Å². The van der Waals surface area contributed by atoms with Gasteiger partial charge in [0.2, 0.25) is 15.9 Å². The fourth-order valence-corrected chi connectivity index (χ4v) is 3.08. The molecule has 0 aromatic heterocycles. The molecule has 6 heteroatoms. The van der Waals surface area contributed by atoms with E-state index in [1.165, 1.54) is 23.4 Å². The van der Waals surface area contributed by atoms with Gasteiger partial charge < -0.3 is 5.32 Å². The Bertz CT molecular complexity index is 390. The van der Waals surface area contributed by atoms with Crippen molar-refractivity contribution in [1.82, 2.24) is 9.62 Å². The van der Waals surface area contributed by atoms with Crippen LogP contribution in [0.1, 0.15) is 25.7 Å². The Morgan fingerprint density at radius 1 is 1.35 bits per heavy atom. The lowest BCUT2D eigenvalue weighted by molar-refractivity contribution is -0.126. The van der Waals surface area contributed by atoms with E-state index in [9.17, 15) is 13.2 Å². The third-order valence-electron chi connectivity index (χ3n) is 3.49. The Hall–Kier alpha value is -0.620. The molecule has 0 radical (unpaired) electrons. The molecule has 0 spiro atoms. The van der Waals surface area contributed by atoms with Gasteiger partial charge >= 0.3 is 0 Å². The van der Waals surface area contributed by atoms with Crippen LogP contribution in [0.15, 0.2) is 0 Å². The molecule has 2 fully saturated rings. The third kappa shape index (κ3) is 3.67. The van der Waals surface area contributed by atoms with Gasteiger partial charge in [-0.3, -0.25) is 4.79 Å². The number of piperidine rings is 1. The molecule has 1 aliphatic heterocycles. The van der Waals surface area contributed by atoms with Crippen LogP contribution in [-0.4, -0.2) is 44.5 Å². The molecule has 17 heavy (non-hydrogen) atoms. The first-order chi connectivity index (χ1) is 7.97. The number of nitrogens with zero attached hydrogens (tertiary/aromatic N) is 1. The first-order valence-corrected chi connectivity index (χ1v) is 8.04. The van der Waals surface area contributed by atoms with E-state index in [0.29, 0.717) is 19.0 Å². The molecule has 1 saturated heterocycles. The van der Waals surface area contributed by atoms with Crippen LogP contribution in [0, 0.1) is 11.8 Å². The minimum absolute atomic E-state index is 0.0188. The van der Waals surface area contributed by atoms with Gasteiger partial charge in [0.25, 0.3) is 0 Å². The number of carbonyl (C=O) groups is 1. The maximum Gasteiger partial charge on any atom is 0.224 e. The first-order valence-electron chi connectivity index (χ1n) is 6.19. The summed E-state index contributed by atoms with van der Waals surface area (Å²) in [7, 11) is -3.16. The lowest BCUT2D eigenvalue weighted by Crippen LogP contribution is -2.45. The zero-order valence-corrected chi connectivity index (χ0v) is 11.0. The standard InChI is InChI=1S/C11H20N2O3S/c1-17(15,16)13-6-2-3-10(8-13)11(14)12-7-9-4-5-9/h9-10H,2-8H2,1H3,(H,12,14). The highest BCUT2D eigenvalue weighted by atomic mass is 32.2. The molecule has 1 amide bonds. The summed E-state index contributed by atoms with van der Waals surface area (Å²) in [6.45, 7) is 1.65. The van der Waals surface area contributed by atoms with E-state index in [1.54, 1.807) is 0 Å². The van der Waals surface area contributed by atoms with Crippen molar-refractivity contribution in [3.8, 4) is 0 Å². The van der Waals surface area contributed by atoms with Crippen molar-refractivity contribution in [3.63, 3.8) is 0 Å². The van der Waals surface area contributed by atoms with Crippen molar-refractivity contribution in [2.75, 3.05) is 25.9 Å². The highest BCUT2D eigenvalue weighted by molar-refractivity contribution is 7.88. The summed E-state index contributed by atoms with van der Waals surface area (Å²) in [5.74, 6) is 0.510. The van der Waals surface area contributed by atoms with Crippen LogP contribution >= 0.6 is 0 Å². The van der Waals surface area contributed by atoms with Gasteiger partial charge in [0.1, 0.15) is 0 Å². The van der Waals surface area contributed by atoms with Crippen molar-refractivity contribution < 1.29 is 13.2 Å². The summed E-state index contributed by atoms with van der Waals surface area (Å²) in [4.78, 5) is 11.9. The summed E-state index contributed by atoms with van der Waals surface area (Å²) < 4.78 is 24.3. The lowest BCUT2D eigenvalue weighted by Gasteiger charge is -2.30. The molecule has 0 bridgehead atoms. The predicted octanol–water partition coefficient (Wildman–Crippen LogP) is 0.184. The quantitative estimate of drug-likeness (QED) is 0.784. The minimum atomic E-state index is -3.16. The number of hydrogen-bond acceptors (Lipinski definition) is 3. The number of rotatable bonds is 4. The summed E-state index contributed by atoms with van der Waals surface area (Å²) in [6, 6.07) is 0. The topological polar surface area (TPSA) is 66.5 Å². The Labute approximate surface area is 103 Å². The van der Waals surface area contributed by atoms with Crippen LogP contribution in [0.4, 0.5) is 0 Å². The number of sulfonamides is 1. The molecule has 0 aromatic carbocycles. The molecule has 1 aliphatic carbocycles. The van der Waals surface area contributed by atoms with Crippen LogP contribution in [0.5, 0.6) is 0 Å². The molecular formula is C11H20N2O3S. The highest BCUT2D eigenvalue weighted by Crippen LogP contribution is 2.28. The van der Waals surface area contributed by atoms with Gasteiger partial charge in [-0.1, -0.05) is 0 Å². The summed E-state index contributed by atoms with van der Waals surface area (Å²) in [6.07, 6.45) is 5.19. The van der Waals surface area contributed by atoms with Crippen molar-refractivity contribution in [3.05, 3.63) is 0 Å². The molecule has 1 atom stereocenters. The van der Waals surface area contributed by atoms with Crippen LogP contribution < -0.4 is 5.32 Å². The second-order valence-electron chi connectivity index (χ2n) is 5.15. The van der Waals surface area contributed by atoms with Crippen LogP contribution in [0.25, 0.3) is 0 Å². The molecule has 1 N–H and O–H groups in total. The number of hydrogen-bond donors (Lipinski definition) is 1. The maximum absolute atomic E-state index is 11.9. The monoisotopic (exact) mass is 260 g/mol. The summed E-state index contributed by atoms with van der Waals surface area (Å²) >= 11 is 0. The van der Waals surface area contributed by atoms with E-state index >= 15 is 0 Å². The fraction of sp³-hybridized carbons (Fsp3) is 0.909. The minimum Gasteiger partial charge on any atom is -0.356 e. The molecule has 1 heterocycles. The summed E-state index contributed by atoms with van der Waals surface area (Å²) in [5.41, 5.74) is 0. The fourth-order valence-electron chi connectivity index (χ4n) is 2.17. The first kappa shape index (κ1) is 12.8. The largest absolute Gasteiger partial charge is 0.356 e. The molecule has 1 saturated carbocycles. The van der Waals surface area contributed by atoms with Crippen molar-refractivity contribution >= 4 is 15.9 Å². The normalized spacial score (nSPS) is 26.8. The second kappa shape index (κ2) is 4.94. The SMILES string of the molecule is CS(=O)(=O)N1CCCC(C(=O)NCC2CC2)C1. The zero-order chi connectivity index (χ0) is 12.5. The Morgan fingerprint density at radius 3 is 2.65 bits per heavy atom. The third-order valence-corrected chi connectivity index (χ3v) is 4.76. The van der Waals surface area contributed by atoms with Gasteiger partial charge in [0.15, 0.2) is 0 Å². The Morgan fingerprint density at radius 2 is 2.06 bits per heavy atom.